The summed E-state index contributed by atoms with van der Waals surface area (Å²) in [4.78, 5) is 22.5. The highest BCUT2D eigenvalue weighted by Gasteiger charge is 2.55. The van der Waals surface area contributed by atoms with E-state index in [-0.39, 0.29) is 17.3 Å². The number of aliphatic carboxylic acids is 2. The van der Waals surface area contributed by atoms with Crippen LogP contribution >= 0.6 is 0 Å². The largest absolute Gasteiger partial charge is 0.481 e. The van der Waals surface area contributed by atoms with E-state index in [4.69, 9.17) is 5.11 Å². The van der Waals surface area contributed by atoms with Gasteiger partial charge in [-0.05, 0) is 23.7 Å². The molecule has 4 heteroatoms. The van der Waals surface area contributed by atoms with Crippen LogP contribution < -0.4 is 0 Å². The van der Waals surface area contributed by atoms with Gasteiger partial charge < -0.3 is 10.2 Å². The highest BCUT2D eigenvalue weighted by molar-refractivity contribution is 5.76. The Morgan fingerprint density at radius 1 is 0.842 bits per heavy atom. The van der Waals surface area contributed by atoms with Gasteiger partial charge in [-0.15, -0.1) is 0 Å². The first-order valence-electron chi connectivity index (χ1n) is 6.81. The summed E-state index contributed by atoms with van der Waals surface area (Å²) < 4.78 is 0. The third kappa shape index (κ3) is 3.95. The first-order chi connectivity index (χ1) is 8.36. The lowest BCUT2D eigenvalue weighted by atomic mass is 9.52. The normalized spacial score (nSPS) is 13.4. The Hall–Kier alpha value is -1.06. The first kappa shape index (κ1) is 17.9. The van der Waals surface area contributed by atoms with E-state index in [0.717, 1.165) is 0 Å². The Labute approximate surface area is 116 Å². The summed E-state index contributed by atoms with van der Waals surface area (Å²) in [5, 5.41) is 18.4. The molecule has 0 aliphatic carbocycles. The molecule has 0 unspecified atom stereocenters. The van der Waals surface area contributed by atoms with E-state index in [2.05, 4.69) is 0 Å². The van der Waals surface area contributed by atoms with Crippen LogP contribution in [0.2, 0.25) is 0 Å². The van der Waals surface area contributed by atoms with Crippen molar-refractivity contribution in [2.75, 3.05) is 0 Å². The van der Waals surface area contributed by atoms with Gasteiger partial charge in [0.15, 0.2) is 0 Å². The monoisotopic (exact) mass is 272 g/mol. The lowest BCUT2D eigenvalue weighted by Gasteiger charge is -2.50. The lowest BCUT2D eigenvalue weighted by Crippen LogP contribution is -2.52. The standard InChI is InChI=1S/C15H28O4/c1-13(2,3)15(12(18)19,14(4,5)6)10-8-7-9-11(16)17/h7-10H2,1-6H3,(H,16,17)(H,18,19). The molecule has 0 aliphatic rings. The number of carboxylic acid groups (broad SMARTS) is 2. The van der Waals surface area contributed by atoms with Gasteiger partial charge in [0.1, 0.15) is 0 Å². The Morgan fingerprint density at radius 3 is 1.53 bits per heavy atom. The van der Waals surface area contributed by atoms with Crippen molar-refractivity contribution < 1.29 is 19.8 Å². The molecule has 0 bridgehead atoms. The van der Waals surface area contributed by atoms with Gasteiger partial charge in [0.25, 0.3) is 0 Å². The molecule has 0 fully saturated rings. The van der Waals surface area contributed by atoms with Gasteiger partial charge in [-0.2, -0.15) is 0 Å². The van der Waals surface area contributed by atoms with Crippen molar-refractivity contribution in [2.45, 2.75) is 67.2 Å². The Kier molecular flexibility index (Phi) is 5.60. The maximum absolute atomic E-state index is 11.9. The molecule has 0 atom stereocenters. The minimum absolute atomic E-state index is 0.101. The summed E-state index contributed by atoms with van der Waals surface area (Å²) in [5.41, 5.74) is -1.64. The lowest BCUT2D eigenvalue weighted by molar-refractivity contribution is -0.170. The average Bonchev–Trinajstić information content (AvgIpc) is 2.11. The minimum atomic E-state index is -0.863. The first-order valence-corrected chi connectivity index (χ1v) is 6.81. The summed E-state index contributed by atoms with van der Waals surface area (Å²) in [6.45, 7) is 11.7. The van der Waals surface area contributed by atoms with Gasteiger partial charge in [-0.25, -0.2) is 0 Å². The van der Waals surface area contributed by atoms with Crippen LogP contribution in [0.3, 0.4) is 0 Å². The van der Waals surface area contributed by atoms with Gasteiger partial charge in [-0.3, -0.25) is 9.59 Å². The third-order valence-electron chi connectivity index (χ3n) is 4.12. The number of carbonyl (C=O) groups is 2. The molecular formula is C15H28O4. The van der Waals surface area contributed by atoms with E-state index in [0.29, 0.717) is 19.3 Å². The van der Waals surface area contributed by atoms with E-state index >= 15 is 0 Å². The number of rotatable bonds is 6. The van der Waals surface area contributed by atoms with E-state index < -0.39 is 17.4 Å². The summed E-state index contributed by atoms with van der Waals surface area (Å²) in [6, 6.07) is 0. The van der Waals surface area contributed by atoms with Crippen molar-refractivity contribution in [3.8, 4) is 0 Å². The number of hydrogen-bond acceptors (Lipinski definition) is 2. The number of unbranched alkanes of at least 4 members (excludes halogenated alkanes) is 1. The van der Waals surface area contributed by atoms with Crippen LogP contribution in [0, 0.1) is 16.2 Å². The molecule has 0 radical (unpaired) electrons. The Morgan fingerprint density at radius 2 is 1.26 bits per heavy atom. The van der Waals surface area contributed by atoms with Gasteiger partial charge in [0.2, 0.25) is 0 Å². The summed E-state index contributed by atoms with van der Waals surface area (Å²) in [6.07, 6.45) is 1.75. The van der Waals surface area contributed by atoms with Crippen molar-refractivity contribution in [2.24, 2.45) is 16.2 Å². The molecule has 4 nitrogen and oxygen atoms in total. The second-order valence-corrected chi connectivity index (χ2v) is 7.31. The van der Waals surface area contributed by atoms with Crippen molar-refractivity contribution >= 4 is 11.9 Å². The van der Waals surface area contributed by atoms with E-state index in [1.807, 2.05) is 41.5 Å². The topological polar surface area (TPSA) is 74.6 Å². The van der Waals surface area contributed by atoms with Crippen LogP contribution in [-0.4, -0.2) is 22.2 Å². The van der Waals surface area contributed by atoms with Gasteiger partial charge in [0.05, 0.1) is 5.41 Å². The summed E-state index contributed by atoms with van der Waals surface area (Å²) in [7, 11) is 0. The van der Waals surface area contributed by atoms with Crippen molar-refractivity contribution in [3.05, 3.63) is 0 Å². The highest BCUT2D eigenvalue weighted by atomic mass is 16.4. The molecule has 0 aromatic rings. The second-order valence-electron chi connectivity index (χ2n) is 7.31. The quantitative estimate of drug-likeness (QED) is 0.721. The van der Waals surface area contributed by atoms with Crippen molar-refractivity contribution in [3.63, 3.8) is 0 Å². The van der Waals surface area contributed by atoms with E-state index in [9.17, 15) is 14.7 Å². The van der Waals surface area contributed by atoms with Crippen LogP contribution in [0.1, 0.15) is 67.2 Å². The Bertz CT molecular complexity index is 317. The fraction of sp³-hybridized carbons (Fsp3) is 0.867. The molecule has 2 N–H and O–H groups in total. The zero-order valence-electron chi connectivity index (χ0n) is 13.0. The average molecular weight is 272 g/mol. The van der Waals surface area contributed by atoms with Gasteiger partial charge >= 0.3 is 11.9 Å². The van der Waals surface area contributed by atoms with Crippen LogP contribution in [0.4, 0.5) is 0 Å². The molecule has 0 spiro atoms. The number of hydrogen-bond donors (Lipinski definition) is 2. The number of carboxylic acids is 2. The van der Waals surface area contributed by atoms with Crippen molar-refractivity contribution in [1.82, 2.24) is 0 Å². The minimum Gasteiger partial charge on any atom is -0.481 e. The molecule has 0 aromatic carbocycles. The van der Waals surface area contributed by atoms with Crippen LogP contribution in [0.25, 0.3) is 0 Å². The maximum atomic E-state index is 11.9. The molecule has 0 amide bonds. The molecule has 0 rings (SSSR count). The van der Waals surface area contributed by atoms with Crippen LogP contribution in [-0.2, 0) is 9.59 Å². The molecular weight excluding hydrogens is 244 g/mol. The molecule has 112 valence electrons. The third-order valence-corrected chi connectivity index (χ3v) is 4.12. The molecule has 0 heterocycles. The van der Waals surface area contributed by atoms with Gasteiger partial charge in [0, 0.05) is 6.42 Å². The predicted molar refractivity (Wildman–Crippen MR) is 75.1 cm³/mol. The fourth-order valence-electron chi connectivity index (χ4n) is 3.29. The smallest absolute Gasteiger partial charge is 0.310 e. The Balaban J connectivity index is 5.17. The molecule has 0 aromatic heterocycles. The zero-order valence-corrected chi connectivity index (χ0v) is 13.0. The van der Waals surface area contributed by atoms with E-state index in [1.54, 1.807) is 0 Å². The van der Waals surface area contributed by atoms with E-state index in [1.165, 1.54) is 0 Å². The molecule has 0 saturated carbocycles. The van der Waals surface area contributed by atoms with Crippen LogP contribution in [0.15, 0.2) is 0 Å². The fourth-order valence-corrected chi connectivity index (χ4v) is 3.29. The molecule has 0 aliphatic heterocycles. The van der Waals surface area contributed by atoms with Crippen LogP contribution in [0.5, 0.6) is 0 Å². The molecule has 19 heavy (non-hydrogen) atoms. The summed E-state index contributed by atoms with van der Waals surface area (Å²) >= 11 is 0. The van der Waals surface area contributed by atoms with Crippen molar-refractivity contribution in [1.29, 1.82) is 0 Å². The highest BCUT2D eigenvalue weighted by Crippen LogP contribution is 2.55. The summed E-state index contributed by atoms with van der Waals surface area (Å²) in [5.74, 6) is -1.62. The zero-order chi connectivity index (χ0) is 15.5. The van der Waals surface area contributed by atoms with Gasteiger partial charge in [-0.1, -0.05) is 48.0 Å². The molecule has 0 saturated heterocycles. The second kappa shape index (κ2) is 5.93. The SMILES string of the molecule is CC(C)(C)C(CCCCC(=O)O)(C(=O)O)C(C)(C)C. The maximum Gasteiger partial charge on any atom is 0.310 e. The predicted octanol–water partition coefficient (Wildman–Crippen LogP) is 3.79.